The molecule has 4 fully saturated rings. The van der Waals surface area contributed by atoms with E-state index >= 15 is 0 Å². The molecule has 10 unspecified atom stereocenters. The Hall–Kier alpha value is 0.410. The van der Waals surface area contributed by atoms with Crippen molar-refractivity contribution in [3.63, 3.8) is 0 Å². The maximum Gasteiger partial charge on any atom is -1.00 e. The number of fused-ring (bicyclic) bond motifs is 6. The Morgan fingerprint density at radius 1 is 0.448 bits per heavy atom. The zero-order chi connectivity index (χ0) is 17.8. The van der Waals surface area contributed by atoms with E-state index in [1.807, 2.05) is 0 Å². The summed E-state index contributed by atoms with van der Waals surface area (Å²) in [6.07, 6.45) is 32.4. The van der Waals surface area contributed by atoms with Crippen LogP contribution in [0.25, 0.3) is 0 Å². The molecule has 0 nitrogen and oxygen atoms in total. The molecule has 0 aromatic heterocycles. The fourth-order valence-electron chi connectivity index (χ4n) is 8.34. The van der Waals surface area contributed by atoms with E-state index in [9.17, 15) is 0 Å². The summed E-state index contributed by atoms with van der Waals surface area (Å²) in [6, 6.07) is 0. The number of hydrogen-bond acceptors (Lipinski definition) is 0. The molecule has 0 aromatic rings. The topological polar surface area (TPSA) is 0 Å². The Labute approximate surface area is 201 Å². The second-order valence-electron chi connectivity index (χ2n) is 10.3. The first-order chi connectivity index (χ1) is 13.4. The van der Waals surface area contributed by atoms with Crippen molar-refractivity contribution in [3.05, 3.63) is 48.6 Å². The van der Waals surface area contributed by atoms with E-state index in [0.717, 1.165) is 54.7 Å². The fraction of sp³-hybridized carbons (Fsp3) is 0.692. The molecule has 0 aliphatic heterocycles. The van der Waals surface area contributed by atoms with Gasteiger partial charge in [-0.2, -0.15) is 0 Å². The summed E-state index contributed by atoms with van der Waals surface area (Å²) in [7, 11) is 0. The predicted octanol–water partition coefficient (Wildman–Crippen LogP) is 1.01. The van der Waals surface area contributed by atoms with Crippen molar-refractivity contribution in [1.82, 2.24) is 0 Å². The quantitative estimate of drug-likeness (QED) is 0.419. The third kappa shape index (κ3) is 3.78. The molecule has 29 heavy (non-hydrogen) atoms. The van der Waals surface area contributed by atoms with Gasteiger partial charge in [0.2, 0.25) is 0 Å². The number of allylic oxidation sites excluding steroid dienone is 8. The molecule has 6 aliphatic carbocycles. The second-order valence-corrected chi connectivity index (χ2v) is 16.3. The summed E-state index contributed by atoms with van der Waals surface area (Å²) < 4.78 is 2.32. The van der Waals surface area contributed by atoms with Crippen LogP contribution in [0.4, 0.5) is 0 Å². The van der Waals surface area contributed by atoms with E-state index in [0.29, 0.717) is 0 Å². The fourth-order valence-corrected chi connectivity index (χ4v) is 18.7. The van der Waals surface area contributed by atoms with E-state index in [1.165, 1.54) is 38.5 Å². The van der Waals surface area contributed by atoms with Gasteiger partial charge in [0, 0.05) is 0 Å². The van der Waals surface area contributed by atoms with Crippen molar-refractivity contribution in [2.24, 2.45) is 47.3 Å². The Balaban J connectivity index is 0.00000102. The van der Waals surface area contributed by atoms with Crippen LogP contribution in [0, 0.1) is 47.3 Å². The SMILES string of the molecule is C1=CC2C(C=C1)[CH]([Hf+2][CH]1C3C=CC=CC3C3CCCCC31)C1CCCCC21.[Cl-].[Cl-]. The van der Waals surface area contributed by atoms with Crippen molar-refractivity contribution in [2.45, 2.75) is 58.7 Å². The predicted molar refractivity (Wildman–Crippen MR) is 109 cm³/mol. The molecule has 0 spiro atoms. The van der Waals surface area contributed by atoms with Crippen molar-refractivity contribution >= 4 is 0 Å². The summed E-state index contributed by atoms with van der Waals surface area (Å²) in [5, 5.41) is 0. The minimum absolute atomic E-state index is 0. The van der Waals surface area contributed by atoms with E-state index in [-0.39, 0.29) is 24.8 Å². The molecule has 0 bridgehead atoms. The summed E-state index contributed by atoms with van der Waals surface area (Å²) in [6.45, 7) is 0. The average Bonchev–Trinajstić information content (AvgIpc) is 3.23. The summed E-state index contributed by atoms with van der Waals surface area (Å²) >= 11 is -0.708. The van der Waals surface area contributed by atoms with Gasteiger partial charge in [0.1, 0.15) is 0 Å². The molecule has 6 aliphatic rings. The normalized spacial score (nSPS) is 48.4. The molecule has 0 amide bonds. The van der Waals surface area contributed by atoms with Crippen LogP contribution in [0.15, 0.2) is 48.6 Å². The van der Waals surface area contributed by atoms with Crippen molar-refractivity contribution in [1.29, 1.82) is 0 Å². The first-order valence-corrected chi connectivity index (χ1v) is 16.0. The molecule has 6 rings (SSSR count). The Morgan fingerprint density at radius 2 is 0.793 bits per heavy atom. The Morgan fingerprint density at radius 3 is 1.21 bits per heavy atom. The maximum absolute atomic E-state index is 2.67. The second kappa shape index (κ2) is 9.50. The number of halogens is 2. The zero-order valence-electron chi connectivity index (χ0n) is 17.3. The third-order valence-electron chi connectivity index (χ3n) is 9.32. The van der Waals surface area contributed by atoms with Gasteiger partial charge in [0.25, 0.3) is 0 Å². The molecular weight excluding hydrogens is 562 g/mol. The minimum atomic E-state index is -0.708. The number of hydrogen-bond donors (Lipinski definition) is 0. The van der Waals surface area contributed by atoms with Crippen LogP contribution in [0.3, 0.4) is 0 Å². The van der Waals surface area contributed by atoms with Crippen LogP contribution in [-0.4, -0.2) is 0 Å². The van der Waals surface area contributed by atoms with Gasteiger partial charge < -0.3 is 24.8 Å². The monoisotopic (exact) mass is 596 g/mol. The van der Waals surface area contributed by atoms with E-state index in [1.54, 1.807) is 12.8 Å². The van der Waals surface area contributed by atoms with Gasteiger partial charge in [0.05, 0.1) is 0 Å². The summed E-state index contributed by atoms with van der Waals surface area (Å²) in [5.41, 5.74) is 0. The van der Waals surface area contributed by atoms with E-state index < -0.39 is 22.9 Å². The smallest absolute Gasteiger partial charge is 1.00 e. The molecule has 10 atom stereocenters. The molecule has 0 aromatic carbocycles. The van der Waals surface area contributed by atoms with Crippen LogP contribution in [-0.2, 0) is 22.9 Å². The molecule has 4 saturated carbocycles. The first kappa shape index (κ1) is 22.6. The zero-order valence-corrected chi connectivity index (χ0v) is 22.4. The van der Waals surface area contributed by atoms with Crippen molar-refractivity contribution in [3.8, 4) is 0 Å². The van der Waals surface area contributed by atoms with Gasteiger partial charge in [-0.1, -0.05) is 0 Å². The van der Waals surface area contributed by atoms with Gasteiger partial charge in [-0.05, 0) is 0 Å². The van der Waals surface area contributed by atoms with Gasteiger partial charge >= 0.3 is 178 Å². The molecule has 0 saturated heterocycles. The summed E-state index contributed by atoms with van der Waals surface area (Å²) in [4.78, 5) is 0. The minimum Gasteiger partial charge on any atom is -1.00 e. The molecule has 0 radical (unpaired) electrons. The summed E-state index contributed by atoms with van der Waals surface area (Å²) in [5.74, 6) is 8.01. The van der Waals surface area contributed by atoms with Crippen LogP contribution in [0.1, 0.15) is 51.4 Å². The van der Waals surface area contributed by atoms with Gasteiger partial charge in [0.15, 0.2) is 0 Å². The van der Waals surface area contributed by atoms with Crippen LogP contribution < -0.4 is 24.8 Å². The Kier molecular flexibility index (Phi) is 7.40. The molecule has 0 N–H and O–H groups in total. The van der Waals surface area contributed by atoms with Crippen molar-refractivity contribution in [2.75, 3.05) is 0 Å². The van der Waals surface area contributed by atoms with E-state index in [2.05, 4.69) is 48.6 Å². The molecular formula is C26H34Cl2Hf. The van der Waals surface area contributed by atoms with Crippen LogP contribution in [0.5, 0.6) is 0 Å². The van der Waals surface area contributed by atoms with Gasteiger partial charge in [-0.3, -0.25) is 0 Å². The number of rotatable bonds is 2. The molecule has 156 valence electrons. The Bertz CT molecular complexity index is 637. The van der Waals surface area contributed by atoms with E-state index in [4.69, 9.17) is 0 Å². The van der Waals surface area contributed by atoms with Gasteiger partial charge in [-0.15, -0.1) is 0 Å². The first-order valence-electron chi connectivity index (χ1n) is 11.9. The maximum atomic E-state index is 2.67. The third-order valence-corrected chi connectivity index (χ3v) is 17.9. The van der Waals surface area contributed by atoms with Crippen molar-refractivity contribution < 1.29 is 47.7 Å². The standard InChI is InChI=1S/2C13H17.2ClH.Hf/c2*1-3-7-12-10(5-1)9-11-6-2-4-8-13(11)12;;;/h2*1,3,5,7,9-13H,2,4,6,8H2;2*1H;/q;;;;+2/p-2. The average molecular weight is 596 g/mol. The molecule has 0 heterocycles. The molecule has 3 heteroatoms. The van der Waals surface area contributed by atoms with Crippen LogP contribution in [0.2, 0.25) is 7.35 Å². The largest absolute Gasteiger partial charge is 1.00 e. The van der Waals surface area contributed by atoms with Crippen LogP contribution >= 0.6 is 0 Å². The van der Waals surface area contributed by atoms with Gasteiger partial charge in [-0.25, -0.2) is 0 Å².